The Balaban J connectivity index is 1.61. The summed E-state index contributed by atoms with van der Waals surface area (Å²) in [6.07, 6.45) is -1.10. The van der Waals surface area contributed by atoms with Crippen LogP contribution in [0.3, 0.4) is 0 Å². The van der Waals surface area contributed by atoms with E-state index in [1.807, 2.05) is 36.5 Å². The van der Waals surface area contributed by atoms with Gasteiger partial charge in [-0.3, -0.25) is 4.99 Å². The Labute approximate surface area is 165 Å². The van der Waals surface area contributed by atoms with Crippen LogP contribution in [-0.4, -0.2) is 22.8 Å². The molecule has 3 rings (SSSR count). The molecule has 0 fully saturated rings. The van der Waals surface area contributed by atoms with Crippen LogP contribution < -0.4 is 10.6 Å². The normalized spacial score (nSPS) is 12.1. The van der Waals surface area contributed by atoms with Crippen molar-refractivity contribution in [1.82, 2.24) is 20.4 Å². The minimum Gasteiger partial charge on any atom is -0.352 e. The number of rotatable bonds is 5. The van der Waals surface area contributed by atoms with Gasteiger partial charge < -0.3 is 10.6 Å². The van der Waals surface area contributed by atoms with E-state index in [1.54, 1.807) is 10.9 Å². The molecule has 3 aromatic rings. The first-order valence-corrected chi connectivity index (χ1v) is 8.76. The molecule has 0 saturated carbocycles. The number of para-hydroxylation sites is 1. The lowest BCUT2D eigenvalue weighted by molar-refractivity contribution is -0.138. The van der Waals surface area contributed by atoms with Crippen molar-refractivity contribution in [3.8, 4) is 5.69 Å². The summed E-state index contributed by atoms with van der Waals surface area (Å²) in [4.78, 5) is 4.00. The van der Waals surface area contributed by atoms with Crippen molar-refractivity contribution in [3.05, 3.63) is 83.4 Å². The number of nitrogens with zero attached hydrogens (tertiary/aromatic N) is 3. The van der Waals surface area contributed by atoms with Gasteiger partial charge in [-0.2, -0.15) is 18.3 Å². The van der Waals surface area contributed by atoms with Crippen molar-refractivity contribution in [2.75, 3.05) is 7.05 Å². The zero-order chi connectivity index (χ0) is 20.9. The van der Waals surface area contributed by atoms with Crippen molar-refractivity contribution in [3.63, 3.8) is 0 Å². The van der Waals surface area contributed by atoms with Gasteiger partial charge >= 0.3 is 6.18 Å². The number of guanidine groups is 1. The minimum atomic E-state index is -4.64. The number of aliphatic imine (C=N–C) groups is 1. The zero-order valence-corrected chi connectivity index (χ0v) is 15.5. The van der Waals surface area contributed by atoms with Crippen molar-refractivity contribution >= 4 is 5.96 Å². The summed E-state index contributed by atoms with van der Waals surface area (Å²) >= 11 is 0. The van der Waals surface area contributed by atoms with Crippen LogP contribution >= 0.6 is 0 Å². The molecule has 0 unspecified atom stereocenters. The van der Waals surface area contributed by atoms with E-state index in [1.165, 1.54) is 7.05 Å². The second-order valence-corrected chi connectivity index (χ2v) is 6.21. The first-order valence-electron chi connectivity index (χ1n) is 8.76. The molecule has 0 aliphatic heterocycles. The van der Waals surface area contributed by atoms with Gasteiger partial charge in [-0.25, -0.2) is 9.07 Å². The van der Waals surface area contributed by atoms with E-state index >= 15 is 0 Å². The van der Waals surface area contributed by atoms with Gasteiger partial charge in [0.1, 0.15) is 5.82 Å². The summed E-state index contributed by atoms with van der Waals surface area (Å²) in [6.45, 7) is 0.222. The lowest BCUT2D eigenvalue weighted by Gasteiger charge is -2.15. The van der Waals surface area contributed by atoms with Gasteiger partial charge in [0.05, 0.1) is 17.4 Å². The predicted molar refractivity (Wildman–Crippen MR) is 102 cm³/mol. The molecule has 29 heavy (non-hydrogen) atoms. The quantitative estimate of drug-likeness (QED) is 0.385. The van der Waals surface area contributed by atoms with Crippen molar-refractivity contribution in [1.29, 1.82) is 0 Å². The van der Waals surface area contributed by atoms with Gasteiger partial charge in [0.15, 0.2) is 5.96 Å². The predicted octanol–water partition coefficient (Wildman–Crippen LogP) is 3.90. The third kappa shape index (κ3) is 5.34. The van der Waals surface area contributed by atoms with E-state index in [0.717, 1.165) is 23.4 Å². The number of hydrogen-bond donors (Lipinski definition) is 2. The summed E-state index contributed by atoms with van der Waals surface area (Å²) < 4.78 is 54.2. The van der Waals surface area contributed by atoms with Crippen LogP contribution in [0.5, 0.6) is 0 Å². The molecule has 0 spiro atoms. The molecule has 2 aromatic carbocycles. The number of halogens is 4. The zero-order valence-electron chi connectivity index (χ0n) is 15.5. The van der Waals surface area contributed by atoms with Gasteiger partial charge in [0.2, 0.25) is 0 Å². The minimum absolute atomic E-state index is 0.0706. The Hall–Kier alpha value is -3.36. The Bertz CT molecular complexity index is 980. The SMILES string of the molecule is CN=C(NCc1cnn(-c2ccccc2)c1)NCc1ccc(F)cc1C(F)(F)F. The summed E-state index contributed by atoms with van der Waals surface area (Å²) in [5, 5.41) is 10.1. The topological polar surface area (TPSA) is 54.2 Å². The molecule has 9 heteroatoms. The molecular weight excluding hydrogens is 386 g/mol. The van der Waals surface area contributed by atoms with Gasteiger partial charge in [-0.1, -0.05) is 24.3 Å². The van der Waals surface area contributed by atoms with Crippen LogP contribution in [0, 0.1) is 5.82 Å². The lowest BCUT2D eigenvalue weighted by atomic mass is 10.1. The Kier molecular flexibility index (Phi) is 6.16. The monoisotopic (exact) mass is 405 g/mol. The van der Waals surface area contributed by atoms with Crippen LogP contribution in [0.25, 0.3) is 5.69 Å². The molecule has 1 aromatic heterocycles. The average molecular weight is 405 g/mol. The van der Waals surface area contributed by atoms with Crippen LogP contribution in [-0.2, 0) is 19.3 Å². The van der Waals surface area contributed by atoms with Gasteiger partial charge in [0.25, 0.3) is 0 Å². The van der Waals surface area contributed by atoms with E-state index in [0.29, 0.717) is 18.6 Å². The third-order valence-electron chi connectivity index (χ3n) is 4.16. The van der Waals surface area contributed by atoms with Crippen LogP contribution in [0.1, 0.15) is 16.7 Å². The van der Waals surface area contributed by atoms with E-state index in [4.69, 9.17) is 0 Å². The number of hydrogen-bond acceptors (Lipinski definition) is 2. The maximum absolute atomic E-state index is 13.2. The number of benzene rings is 2. The van der Waals surface area contributed by atoms with Crippen molar-refractivity contribution in [2.24, 2.45) is 4.99 Å². The Morgan fingerprint density at radius 3 is 2.48 bits per heavy atom. The number of aromatic nitrogens is 2. The maximum Gasteiger partial charge on any atom is 0.416 e. The lowest BCUT2D eigenvalue weighted by Crippen LogP contribution is -2.36. The summed E-state index contributed by atoms with van der Waals surface area (Å²) in [5.41, 5.74) is 0.704. The molecular formula is C20H19F4N5. The van der Waals surface area contributed by atoms with Gasteiger partial charge in [0, 0.05) is 31.9 Å². The molecule has 5 nitrogen and oxygen atoms in total. The highest BCUT2D eigenvalue weighted by atomic mass is 19.4. The summed E-state index contributed by atoms with van der Waals surface area (Å²) in [5.74, 6) is -0.617. The molecule has 0 atom stereocenters. The molecule has 0 aliphatic carbocycles. The average Bonchev–Trinajstić information content (AvgIpc) is 3.18. The maximum atomic E-state index is 13.2. The molecule has 0 radical (unpaired) electrons. The number of alkyl halides is 3. The molecule has 1 heterocycles. The van der Waals surface area contributed by atoms with Crippen LogP contribution in [0.2, 0.25) is 0 Å². The standard InChI is InChI=1S/C20H19F4N5/c1-25-19(27-12-15-7-8-16(21)9-18(15)20(22,23)24)26-10-14-11-28-29(13-14)17-5-3-2-4-6-17/h2-9,11,13H,10,12H2,1H3,(H2,25,26,27). The first-order chi connectivity index (χ1) is 13.9. The largest absolute Gasteiger partial charge is 0.416 e. The fourth-order valence-electron chi connectivity index (χ4n) is 2.73. The fraction of sp³-hybridized carbons (Fsp3) is 0.200. The highest BCUT2D eigenvalue weighted by Gasteiger charge is 2.33. The third-order valence-corrected chi connectivity index (χ3v) is 4.16. The Morgan fingerprint density at radius 2 is 1.79 bits per heavy atom. The van der Waals surface area contributed by atoms with Crippen molar-refractivity contribution < 1.29 is 17.6 Å². The highest BCUT2D eigenvalue weighted by molar-refractivity contribution is 5.79. The second kappa shape index (κ2) is 8.76. The van der Waals surface area contributed by atoms with E-state index in [-0.39, 0.29) is 12.1 Å². The summed E-state index contributed by atoms with van der Waals surface area (Å²) in [6, 6.07) is 12.2. The molecule has 0 amide bonds. The highest BCUT2D eigenvalue weighted by Crippen LogP contribution is 2.32. The van der Waals surface area contributed by atoms with E-state index in [9.17, 15) is 17.6 Å². The van der Waals surface area contributed by atoms with E-state index < -0.39 is 17.6 Å². The van der Waals surface area contributed by atoms with Crippen LogP contribution in [0.15, 0.2) is 65.9 Å². The smallest absolute Gasteiger partial charge is 0.352 e. The van der Waals surface area contributed by atoms with Crippen LogP contribution in [0.4, 0.5) is 17.6 Å². The molecule has 0 aliphatic rings. The Morgan fingerprint density at radius 1 is 1.07 bits per heavy atom. The van der Waals surface area contributed by atoms with Gasteiger partial charge in [-0.15, -0.1) is 0 Å². The number of nitrogens with one attached hydrogen (secondary N) is 2. The summed E-state index contributed by atoms with van der Waals surface area (Å²) in [7, 11) is 1.51. The van der Waals surface area contributed by atoms with Gasteiger partial charge in [-0.05, 0) is 29.8 Å². The molecule has 0 saturated heterocycles. The van der Waals surface area contributed by atoms with E-state index in [2.05, 4.69) is 20.7 Å². The molecule has 0 bridgehead atoms. The second-order valence-electron chi connectivity index (χ2n) is 6.21. The molecule has 152 valence electrons. The van der Waals surface area contributed by atoms with Crippen molar-refractivity contribution in [2.45, 2.75) is 19.3 Å². The first kappa shape index (κ1) is 20.4. The molecule has 2 N–H and O–H groups in total. The fourth-order valence-corrected chi connectivity index (χ4v) is 2.73.